The van der Waals surface area contributed by atoms with E-state index < -0.39 is 0 Å². The highest BCUT2D eigenvalue weighted by Crippen LogP contribution is 2.48. The number of hydrogen-bond acceptors (Lipinski definition) is 3. The van der Waals surface area contributed by atoms with Gasteiger partial charge in [0.15, 0.2) is 0 Å². The second kappa shape index (κ2) is 6.46. The van der Waals surface area contributed by atoms with Gasteiger partial charge in [0.25, 0.3) is 0 Å². The number of hydrogen-bond donors (Lipinski definition) is 2. The van der Waals surface area contributed by atoms with Gasteiger partial charge in [-0.1, -0.05) is 18.6 Å². The highest BCUT2D eigenvalue weighted by Gasteiger charge is 2.42. The zero-order valence-corrected chi connectivity index (χ0v) is 14.0. The molecule has 2 amide bonds. The number of fused-ring (bicyclic) bond motifs is 2. The van der Waals surface area contributed by atoms with Gasteiger partial charge in [-0.05, 0) is 48.8 Å². The lowest BCUT2D eigenvalue weighted by Gasteiger charge is -2.28. The van der Waals surface area contributed by atoms with Crippen molar-refractivity contribution in [2.75, 3.05) is 24.5 Å². The van der Waals surface area contributed by atoms with E-state index in [1.54, 1.807) is 0 Å². The fourth-order valence-corrected chi connectivity index (χ4v) is 4.57. The maximum absolute atomic E-state index is 12.4. The molecule has 0 unspecified atom stereocenters. The van der Waals surface area contributed by atoms with Crippen LogP contribution in [0.25, 0.3) is 0 Å². The summed E-state index contributed by atoms with van der Waals surface area (Å²) in [5.41, 5.74) is 2.17. The molecule has 3 aliphatic rings. The predicted molar refractivity (Wildman–Crippen MR) is 92.4 cm³/mol. The molecule has 1 saturated heterocycles. The highest BCUT2D eigenvalue weighted by atomic mass is 16.2. The number of amides is 2. The molecule has 3 atom stereocenters. The van der Waals surface area contributed by atoms with Crippen LogP contribution >= 0.6 is 0 Å². The van der Waals surface area contributed by atoms with E-state index >= 15 is 0 Å². The summed E-state index contributed by atoms with van der Waals surface area (Å²) in [6, 6.07) is 8.17. The van der Waals surface area contributed by atoms with Gasteiger partial charge in [0, 0.05) is 31.2 Å². The third-order valence-electron chi connectivity index (χ3n) is 5.88. The molecule has 24 heavy (non-hydrogen) atoms. The fourth-order valence-electron chi connectivity index (χ4n) is 4.57. The Morgan fingerprint density at radius 2 is 2.04 bits per heavy atom. The van der Waals surface area contributed by atoms with Crippen LogP contribution in [0.4, 0.5) is 5.69 Å². The van der Waals surface area contributed by atoms with Crippen molar-refractivity contribution in [1.29, 1.82) is 0 Å². The summed E-state index contributed by atoms with van der Waals surface area (Å²) in [4.78, 5) is 25.9. The van der Waals surface area contributed by atoms with Gasteiger partial charge in [-0.2, -0.15) is 0 Å². The van der Waals surface area contributed by atoms with E-state index in [1.807, 2.05) is 24.3 Å². The van der Waals surface area contributed by atoms with Gasteiger partial charge in [0.1, 0.15) is 0 Å². The number of nitrogens with zero attached hydrogens (tertiary/aromatic N) is 1. The minimum Gasteiger partial charge on any atom is -0.360 e. The Balaban J connectivity index is 1.31. The van der Waals surface area contributed by atoms with Gasteiger partial charge in [-0.15, -0.1) is 0 Å². The number of benzene rings is 1. The molecule has 4 rings (SSSR count). The second-order valence-corrected chi connectivity index (χ2v) is 7.44. The standard InChI is InChI=1S/C19H25N3O2/c23-18-12-22(8-7-20-18)16-5-2-13(3-6-16)11-21-19(24)17-10-14-1-4-15(17)9-14/h2-3,5-6,14-15,17H,1,4,7-12H2,(H,20,23)(H,21,24)/t14-,15-,17-/m0/s1. The quantitative estimate of drug-likeness (QED) is 0.884. The Kier molecular flexibility index (Phi) is 4.17. The Morgan fingerprint density at radius 3 is 2.71 bits per heavy atom. The summed E-state index contributed by atoms with van der Waals surface area (Å²) in [6.07, 6.45) is 4.91. The van der Waals surface area contributed by atoms with E-state index in [0.717, 1.165) is 30.1 Å². The number of nitrogens with one attached hydrogen (secondary N) is 2. The average Bonchev–Trinajstić information content (AvgIpc) is 3.23. The number of carbonyl (C=O) groups is 2. The fraction of sp³-hybridized carbons (Fsp3) is 0.579. The summed E-state index contributed by atoms with van der Waals surface area (Å²) < 4.78 is 0. The first kappa shape index (κ1) is 15.5. The zero-order chi connectivity index (χ0) is 16.5. The van der Waals surface area contributed by atoms with Crippen molar-refractivity contribution in [2.24, 2.45) is 17.8 Å². The molecule has 1 aromatic carbocycles. The minimum absolute atomic E-state index is 0.0726. The van der Waals surface area contributed by atoms with Crippen LogP contribution in [0.15, 0.2) is 24.3 Å². The molecule has 1 aliphatic heterocycles. The first-order valence-corrected chi connectivity index (χ1v) is 9.07. The third kappa shape index (κ3) is 3.12. The van der Waals surface area contributed by atoms with Crippen molar-refractivity contribution < 1.29 is 9.59 Å². The smallest absolute Gasteiger partial charge is 0.239 e. The van der Waals surface area contributed by atoms with E-state index in [0.29, 0.717) is 25.6 Å². The molecule has 2 bridgehead atoms. The molecule has 0 radical (unpaired) electrons. The number of carbonyl (C=O) groups excluding carboxylic acids is 2. The normalized spacial score (nSPS) is 28.8. The molecule has 1 aromatic rings. The lowest BCUT2D eigenvalue weighted by Crippen LogP contribution is -2.47. The van der Waals surface area contributed by atoms with Crippen molar-refractivity contribution in [3.05, 3.63) is 29.8 Å². The molecular weight excluding hydrogens is 302 g/mol. The van der Waals surface area contributed by atoms with Crippen LogP contribution in [0, 0.1) is 17.8 Å². The summed E-state index contributed by atoms with van der Waals surface area (Å²) in [7, 11) is 0. The maximum atomic E-state index is 12.4. The maximum Gasteiger partial charge on any atom is 0.239 e. The molecule has 5 heteroatoms. The van der Waals surface area contributed by atoms with E-state index in [-0.39, 0.29) is 17.7 Å². The van der Waals surface area contributed by atoms with E-state index in [1.165, 1.54) is 19.3 Å². The Hall–Kier alpha value is -2.04. The molecule has 2 N–H and O–H groups in total. The molecular formula is C19H25N3O2. The molecule has 3 fully saturated rings. The van der Waals surface area contributed by atoms with Gasteiger partial charge in [-0.25, -0.2) is 0 Å². The van der Waals surface area contributed by atoms with E-state index in [4.69, 9.17) is 0 Å². The van der Waals surface area contributed by atoms with Crippen LogP contribution < -0.4 is 15.5 Å². The monoisotopic (exact) mass is 327 g/mol. The van der Waals surface area contributed by atoms with E-state index in [2.05, 4.69) is 15.5 Å². The van der Waals surface area contributed by atoms with Crippen molar-refractivity contribution >= 4 is 17.5 Å². The Bertz CT molecular complexity index is 628. The SMILES string of the molecule is O=C1CN(c2ccc(CNC(=O)[C@H]3C[C@H]4CC[C@H]3C4)cc2)CCN1. The van der Waals surface area contributed by atoms with Gasteiger partial charge >= 0.3 is 0 Å². The summed E-state index contributed by atoms with van der Waals surface area (Å²) >= 11 is 0. The molecule has 2 saturated carbocycles. The largest absolute Gasteiger partial charge is 0.360 e. The summed E-state index contributed by atoms with van der Waals surface area (Å²) in [5.74, 6) is 1.98. The van der Waals surface area contributed by atoms with Gasteiger partial charge in [-0.3, -0.25) is 9.59 Å². The lowest BCUT2D eigenvalue weighted by molar-refractivity contribution is -0.126. The van der Waals surface area contributed by atoms with Gasteiger partial charge < -0.3 is 15.5 Å². The van der Waals surface area contributed by atoms with Crippen molar-refractivity contribution in [2.45, 2.75) is 32.2 Å². The summed E-state index contributed by atoms with van der Waals surface area (Å²) in [6.45, 7) is 2.54. The van der Waals surface area contributed by atoms with Crippen LogP contribution in [0.1, 0.15) is 31.2 Å². The Labute approximate surface area is 142 Å². The van der Waals surface area contributed by atoms with Crippen molar-refractivity contribution in [1.82, 2.24) is 10.6 Å². The first-order valence-electron chi connectivity index (χ1n) is 9.07. The molecule has 2 aliphatic carbocycles. The second-order valence-electron chi connectivity index (χ2n) is 7.44. The zero-order valence-electron chi connectivity index (χ0n) is 14.0. The van der Waals surface area contributed by atoms with Gasteiger partial charge in [0.05, 0.1) is 6.54 Å². The lowest BCUT2D eigenvalue weighted by atomic mass is 9.88. The Morgan fingerprint density at radius 1 is 1.21 bits per heavy atom. The van der Waals surface area contributed by atoms with Crippen LogP contribution in [-0.4, -0.2) is 31.4 Å². The van der Waals surface area contributed by atoms with Crippen molar-refractivity contribution in [3.8, 4) is 0 Å². The number of rotatable bonds is 4. The van der Waals surface area contributed by atoms with E-state index in [9.17, 15) is 9.59 Å². The van der Waals surface area contributed by atoms with Crippen molar-refractivity contribution in [3.63, 3.8) is 0 Å². The third-order valence-corrected chi connectivity index (χ3v) is 5.88. The molecule has 128 valence electrons. The number of piperazine rings is 1. The molecule has 5 nitrogen and oxygen atoms in total. The van der Waals surface area contributed by atoms with Crippen LogP contribution in [0.3, 0.4) is 0 Å². The average molecular weight is 327 g/mol. The molecule has 1 heterocycles. The summed E-state index contributed by atoms with van der Waals surface area (Å²) in [5, 5.41) is 5.95. The topological polar surface area (TPSA) is 61.4 Å². The minimum atomic E-state index is 0.0726. The van der Waals surface area contributed by atoms with Gasteiger partial charge in [0.2, 0.25) is 11.8 Å². The highest BCUT2D eigenvalue weighted by molar-refractivity contribution is 5.82. The van der Waals surface area contributed by atoms with Crippen LogP contribution in [0.5, 0.6) is 0 Å². The molecule has 0 aromatic heterocycles. The van der Waals surface area contributed by atoms with Crippen LogP contribution in [0.2, 0.25) is 0 Å². The molecule has 0 spiro atoms. The van der Waals surface area contributed by atoms with Crippen LogP contribution in [-0.2, 0) is 16.1 Å². The number of anilines is 1. The first-order chi connectivity index (χ1) is 11.7. The predicted octanol–water partition coefficient (Wildman–Crippen LogP) is 1.68.